The van der Waals surface area contributed by atoms with Crippen LogP contribution in [0.1, 0.15) is 69.8 Å². The van der Waals surface area contributed by atoms with Gasteiger partial charge in [0, 0.05) is 41.5 Å². The molecule has 5 atom stereocenters. The molecule has 0 aliphatic heterocycles. The first-order valence-electron chi connectivity index (χ1n) is 19.6. The average molecular weight is 915 g/mol. The molecular formula is C47H50Cl3N7O6. The molecule has 7 rings (SSSR count). The lowest BCUT2D eigenvalue weighted by atomic mass is 9.75. The van der Waals surface area contributed by atoms with Crippen LogP contribution in [0.15, 0.2) is 138 Å². The van der Waals surface area contributed by atoms with Gasteiger partial charge in [0.15, 0.2) is 5.82 Å². The Morgan fingerprint density at radius 2 is 1.19 bits per heavy atom. The Hall–Kier alpha value is -6.06. The van der Waals surface area contributed by atoms with Crippen LogP contribution in [0.5, 0.6) is 0 Å². The van der Waals surface area contributed by atoms with Gasteiger partial charge in [0.05, 0.1) is 11.7 Å². The van der Waals surface area contributed by atoms with Crippen molar-refractivity contribution in [2.24, 2.45) is 24.2 Å². The molecular weight excluding hydrogens is 865 g/mol. The fraction of sp³-hybridized carbons (Fsp3) is 0.213. The lowest BCUT2D eigenvalue weighted by Crippen LogP contribution is -2.42. The smallest absolute Gasteiger partial charge is 0.358 e. The van der Waals surface area contributed by atoms with Crippen molar-refractivity contribution in [1.29, 1.82) is 0 Å². The number of aryl methyl sites for hydroxylation is 1. The summed E-state index contributed by atoms with van der Waals surface area (Å²) in [6, 6.07) is 33.8. The van der Waals surface area contributed by atoms with E-state index < -0.39 is 53.5 Å². The summed E-state index contributed by atoms with van der Waals surface area (Å²) < 4.78 is 4.04. The summed E-state index contributed by atoms with van der Waals surface area (Å²) in [6.45, 7) is 3.88. The number of carbonyl (C=O) groups is 3. The van der Waals surface area contributed by atoms with E-state index in [1.807, 2.05) is 86.3 Å². The van der Waals surface area contributed by atoms with Crippen LogP contribution in [0.25, 0.3) is 28.0 Å². The highest BCUT2D eigenvalue weighted by Gasteiger charge is 2.37. The Morgan fingerprint density at radius 1 is 0.667 bits per heavy atom. The van der Waals surface area contributed by atoms with Crippen molar-refractivity contribution >= 4 is 66.0 Å². The zero-order chi connectivity index (χ0) is 42.8. The summed E-state index contributed by atoms with van der Waals surface area (Å²) in [5.41, 5.74) is 24.0. The van der Waals surface area contributed by atoms with Crippen LogP contribution in [-0.4, -0.2) is 65.1 Å². The van der Waals surface area contributed by atoms with Crippen molar-refractivity contribution in [3.63, 3.8) is 0 Å². The van der Waals surface area contributed by atoms with E-state index in [1.54, 1.807) is 72.8 Å². The topological polar surface area (TPSA) is 214 Å². The molecule has 16 heteroatoms. The van der Waals surface area contributed by atoms with E-state index in [9.17, 15) is 29.4 Å². The van der Waals surface area contributed by atoms with Crippen molar-refractivity contribution in [3.05, 3.63) is 177 Å². The monoisotopic (exact) mass is 913 g/mol. The number of hydrogen-bond donors (Lipinski definition) is 5. The largest absolute Gasteiger partial charge is 0.480 e. The van der Waals surface area contributed by atoms with Crippen LogP contribution < -0.4 is 22.9 Å². The van der Waals surface area contributed by atoms with E-state index in [1.165, 1.54) is 4.57 Å². The number of fused-ring (bicyclic) bond motifs is 1. The molecule has 0 saturated heterocycles. The van der Waals surface area contributed by atoms with Gasteiger partial charge >= 0.3 is 17.6 Å². The molecule has 0 aliphatic carbocycles. The molecule has 330 valence electrons. The molecule has 13 nitrogen and oxygen atoms in total. The minimum absolute atomic E-state index is 0. The second-order valence-electron chi connectivity index (χ2n) is 15.4. The van der Waals surface area contributed by atoms with Crippen LogP contribution in [0, 0.1) is 0 Å². The van der Waals surface area contributed by atoms with Gasteiger partial charge in [0.1, 0.15) is 12.1 Å². The molecule has 0 saturated carbocycles. The van der Waals surface area contributed by atoms with E-state index >= 15 is 0 Å². The molecule has 0 amide bonds. The summed E-state index contributed by atoms with van der Waals surface area (Å²) in [4.78, 5) is 54.8. The molecule has 0 spiro atoms. The SMILES string of the molecule is CC(C)c1cc(-c2nn(C(=O)C(N)Cc3ccccc3)c(=O)n2-c2ccc3c(ccn3C)c2)c(C(c2ccccc2)C(N)C(=O)O)cc1C(c1ccccc1)C(N)C(=O)O.Cl.Cl.Cl. The van der Waals surface area contributed by atoms with Crippen LogP contribution in [0.4, 0.5) is 0 Å². The minimum atomic E-state index is -1.53. The van der Waals surface area contributed by atoms with Gasteiger partial charge in [-0.1, -0.05) is 111 Å². The molecule has 5 aromatic carbocycles. The van der Waals surface area contributed by atoms with Crippen molar-refractivity contribution < 1.29 is 24.6 Å². The quantitative estimate of drug-likeness (QED) is 0.0763. The van der Waals surface area contributed by atoms with Gasteiger partial charge in [-0.25, -0.2) is 9.36 Å². The third-order valence-corrected chi connectivity index (χ3v) is 11.1. The predicted molar refractivity (Wildman–Crippen MR) is 252 cm³/mol. The van der Waals surface area contributed by atoms with Crippen LogP contribution >= 0.6 is 37.2 Å². The van der Waals surface area contributed by atoms with Gasteiger partial charge in [-0.05, 0) is 76.1 Å². The lowest BCUT2D eigenvalue weighted by molar-refractivity contribution is -0.139. The molecule has 7 aromatic rings. The van der Waals surface area contributed by atoms with Gasteiger partial charge < -0.3 is 32.0 Å². The Labute approximate surface area is 382 Å². The van der Waals surface area contributed by atoms with E-state index in [0.717, 1.165) is 21.1 Å². The first kappa shape index (κ1) is 49.6. The highest BCUT2D eigenvalue weighted by molar-refractivity contribution is 5.86. The number of carboxylic acid groups (broad SMARTS) is 2. The van der Waals surface area contributed by atoms with Crippen molar-refractivity contribution in [2.75, 3.05) is 0 Å². The molecule has 2 aromatic heterocycles. The average Bonchev–Trinajstić information content (AvgIpc) is 3.79. The van der Waals surface area contributed by atoms with E-state index in [4.69, 9.17) is 22.3 Å². The summed E-state index contributed by atoms with van der Waals surface area (Å²) in [6.07, 6.45) is 2.03. The van der Waals surface area contributed by atoms with Crippen molar-refractivity contribution in [1.82, 2.24) is 18.9 Å². The van der Waals surface area contributed by atoms with E-state index in [2.05, 4.69) is 0 Å². The Bertz CT molecular complexity index is 2760. The second-order valence-corrected chi connectivity index (χ2v) is 15.4. The van der Waals surface area contributed by atoms with Gasteiger partial charge in [-0.2, -0.15) is 0 Å². The number of carbonyl (C=O) groups excluding carboxylic acids is 1. The molecule has 5 unspecified atom stereocenters. The third-order valence-electron chi connectivity index (χ3n) is 11.1. The predicted octanol–water partition coefficient (Wildman–Crippen LogP) is 6.88. The molecule has 0 bridgehead atoms. The maximum absolute atomic E-state index is 14.8. The molecule has 8 N–H and O–H groups in total. The fourth-order valence-electron chi connectivity index (χ4n) is 8.08. The number of aliphatic carboxylic acids is 2. The number of rotatable bonds is 14. The highest BCUT2D eigenvalue weighted by Crippen LogP contribution is 2.43. The number of benzene rings is 5. The molecule has 0 aliphatic rings. The van der Waals surface area contributed by atoms with Gasteiger partial charge in [0.25, 0.3) is 5.91 Å². The van der Waals surface area contributed by atoms with Crippen LogP contribution in [-0.2, 0) is 23.1 Å². The fourth-order valence-corrected chi connectivity index (χ4v) is 8.08. The van der Waals surface area contributed by atoms with Crippen molar-refractivity contribution in [2.45, 2.75) is 56.1 Å². The number of hydrogen-bond acceptors (Lipinski definition) is 8. The summed E-state index contributed by atoms with van der Waals surface area (Å²) in [5.74, 6) is -5.48. The number of nitrogens with zero attached hydrogens (tertiary/aromatic N) is 4. The number of halogens is 3. The lowest BCUT2D eigenvalue weighted by Gasteiger charge is -2.30. The summed E-state index contributed by atoms with van der Waals surface area (Å²) in [7, 11) is 1.90. The second kappa shape index (κ2) is 20.9. The van der Waals surface area contributed by atoms with E-state index in [0.29, 0.717) is 39.1 Å². The Kier molecular flexibility index (Phi) is 16.4. The zero-order valence-electron chi connectivity index (χ0n) is 34.6. The normalized spacial score (nSPS) is 13.4. The number of nitrogens with two attached hydrogens (primary N) is 3. The molecule has 63 heavy (non-hydrogen) atoms. The maximum Gasteiger partial charge on any atom is 0.358 e. The summed E-state index contributed by atoms with van der Waals surface area (Å²) in [5, 5.41) is 26.6. The standard InChI is InChI=1S/C47H47N7O6.3ClH/c1-27(2)33-25-36(35(40(42(50)46(58)59)30-17-11-6-12-18-30)26-34(33)39(41(49)45(56)57)29-15-9-5-10-16-29)43-51-54(44(55)37(48)23-28-13-7-4-8-14-28)47(60)53(43)32-19-20-38-31(24-32)21-22-52(38)3;;;/h4-22,24-27,37,39-42H,23,48-50H2,1-3H3,(H,56,57)(H,58,59);3*1H. The van der Waals surface area contributed by atoms with Gasteiger partial charge in [0.2, 0.25) is 0 Å². The van der Waals surface area contributed by atoms with Crippen LogP contribution in [0.3, 0.4) is 0 Å². The van der Waals surface area contributed by atoms with Crippen molar-refractivity contribution in [3.8, 4) is 17.1 Å². The number of carboxylic acids is 2. The molecule has 2 heterocycles. The molecule has 0 radical (unpaired) electrons. The zero-order valence-corrected chi connectivity index (χ0v) is 37.1. The van der Waals surface area contributed by atoms with Gasteiger partial charge in [-0.3, -0.25) is 14.4 Å². The first-order chi connectivity index (χ1) is 28.8. The number of aromatic nitrogens is 4. The van der Waals surface area contributed by atoms with Gasteiger partial charge in [-0.15, -0.1) is 47.0 Å². The molecule has 0 fully saturated rings. The minimum Gasteiger partial charge on any atom is -0.480 e. The maximum atomic E-state index is 14.8. The van der Waals surface area contributed by atoms with Crippen LogP contribution in [0.2, 0.25) is 0 Å². The van der Waals surface area contributed by atoms with E-state index in [-0.39, 0.29) is 55.4 Å². The Balaban J connectivity index is 0.00000290. The first-order valence-corrected chi connectivity index (χ1v) is 19.6. The summed E-state index contributed by atoms with van der Waals surface area (Å²) >= 11 is 0. The highest BCUT2D eigenvalue weighted by atomic mass is 35.5. The Morgan fingerprint density at radius 3 is 1.71 bits per heavy atom. The third kappa shape index (κ3) is 9.94.